The number of aryl methyl sites for hydroxylation is 1. The van der Waals surface area contributed by atoms with Gasteiger partial charge < -0.3 is 10.2 Å². The van der Waals surface area contributed by atoms with E-state index in [9.17, 15) is 0 Å². The fraction of sp³-hybridized carbons (Fsp3) is 0.529. The average Bonchev–Trinajstić information content (AvgIpc) is 3.41. The summed E-state index contributed by atoms with van der Waals surface area (Å²) in [7, 11) is 0. The second-order valence-corrected chi connectivity index (χ2v) is 6.50. The van der Waals surface area contributed by atoms with Crippen LogP contribution in [-0.4, -0.2) is 39.1 Å². The third kappa shape index (κ3) is 3.41. The molecule has 6 nitrogen and oxygen atoms in total. The van der Waals surface area contributed by atoms with Gasteiger partial charge in [0.1, 0.15) is 23.8 Å². The van der Waals surface area contributed by atoms with E-state index in [4.69, 9.17) is 4.98 Å². The van der Waals surface area contributed by atoms with E-state index in [-0.39, 0.29) is 0 Å². The second kappa shape index (κ2) is 6.10. The van der Waals surface area contributed by atoms with Crippen molar-refractivity contribution in [2.45, 2.75) is 44.6 Å². The third-order valence-electron chi connectivity index (χ3n) is 4.55. The first-order chi connectivity index (χ1) is 11.3. The van der Waals surface area contributed by atoms with E-state index in [0.717, 1.165) is 49.1 Å². The van der Waals surface area contributed by atoms with Crippen LogP contribution >= 0.6 is 0 Å². The molecule has 2 aromatic heterocycles. The lowest BCUT2D eigenvalue weighted by Crippen LogP contribution is -2.39. The molecule has 120 valence electrons. The van der Waals surface area contributed by atoms with Crippen LogP contribution in [0.3, 0.4) is 0 Å². The van der Waals surface area contributed by atoms with Gasteiger partial charge in [-0.25, -0.2) is 19.9 Å². The number of piperidine rings is 1. The topological polar surface area (TPSA) is 66.8 Å². The lowest BCUT2D eigenvalue weighted by molar-refractivity contribution is 0.521. The van der Waals surface area contributed by atoms with Gasteiger partial charge in [0.25, 0.3) is 0 Å². The Bertz CT molecular complexity index is 662. The molecule has 0 amide bonds. The van der Waals surface area contributed by atoms with Crippen molar-refractivity contribution < 1.29 is 0 Å². The Labute approximate surface area is 136 Å². The number of aromatic nitrogens is 4. The van der Waals surface area contributed by atoms with Crippen molar-refractivity contribution in [2.75, 3.05) is 23.3 Å². The van der Waals surface area contributed by atoms with Crippen LogP contribution in [0.5, 0.6) is 0 Å². The highest BCUT2D eigenvalue weighted by Gasteiger charge is 2.28. The van der Waals surface area contributed by atoms with Crippen molar-refractivity contribution in [3.05, 3.63) is 36.2 Å². The predicted molar refractivity (Wildman–Crippen MR) is 89.6 cm³/mol. The van der Waals surface area contributed by atoms with Crippen molar-refractivity contribution >= 4 is 11.6 Å². The highest BCUT2D eigenvalue weighted by molar-refractivity contribution is 5.42. The molecule has 0 unspecified atom stereocenters. The van der Waals surface area contributed by atoms with E-state index < -0.39 is 0 Å². The number of nitrogens with zero attached hydrogens (tertiary/aromatic N) is 5. The molecule has 3 heterocycles. The maximum atomic E-state index is 4.80. The quantitative estimate of drug-likeness (QED) is 0.936. The average molecular weight is 310 g/mol. The van der Waals surface area contributed by atoms with Crippen LogP contribution in [0.15, 0.2) is 24.7 Å². The third-order valence-corrected chi connectivity index (χ3v) is 4.55. The Morgan fingerprint density at radius 2 is 1.96 bits per heavy atom. The Hall–Kier alpha value is -2.24. The Morgan fingerprint density at radius 1 is 1.13 bits per heavy atom. The second-order valence-electron chi connectivity index (χ2n) is 6.50. The predicted octanol–water partition coefficient (Wildman–Crippen LogP) is 2.53. The summed E-state index contributed by atoms with van der Waals surface area (Å²) in [6, 6.07) is 4.50. The van der Waals surface area contributed by atoms with Gasteiger partial charge in [-0.05, 0) is 38.7 Å². The molecule has 0 radical (unpaired) electrons. The zero-order valence-corrected chi connectivity index (χ0v) is 13.4. The Morgan fingerprint density at radius 3 is 2.65 bits per heavy atom. The standard InChI is InChI=1S/C17H22N6/c1-12-10-16(22-17(20-12)13-2-3-13)23-8-5-14(6-9-23)21-15-4-7-18-11-19-15/h4,7,10-11,13-14H,2-3,5-6,8-9H2,1H3,(H,18,19,21). The molecule has 23 heavy (non-hydrogen) atoms. The minimum atomic E-state index is 0.465. The van der Waals surface area contributed by atoms with Crippen molar-refractivity contribution in [1.82, 2.24) is 19.9 Å². The zero-order valence-electron chi connectivity index (χ0n) is 13.4. The molecule has 4 rings (SSSR count). The van der Waals surface area contributed by atoms with E-state index in [0.29, 0.717) is 12.0 Å². The fourth-order valence-electron chi connectivity index (χ4n) is 3.10. The first kappa shape index (κ1) is 14.4. The molecule has 6 heteroatoms. The van der Waals surface area contributed by atoms with Crippen molar-refractivity contribution in [3.8, 4) is 0 Å². The summed E-state index contributed by atoms with van der Waals surface area (Å²) in [5.41, 5.74) is 1.08. The van der Waals surface area contributed by atoms with Crippen LogP contribution in [0.1, 0.15) is 43.1 Å². The molecule has 0 aromatic carbocycles. The molecule has 0 bridgehead atoms. The van der Waals surface area contributed by atoms with Crippen LogP contribution in [0.4, 0.5) is 11.6 Å². The molecule has 1 aliphatic carbocycles. The summed E-state index contributed by atoms with van der Waals surface area (Å²) in [5.74, 6) is 3.65. The van der Waals surface area contributed by atoms with Gasteiger partial charge in [-0.2, -0.15) is 0 Å². The van der Waals surface area contributed by atoms with E-state index in [1.54, 1.807) is 12.5 Å². The van der Waals surface area contributed by atoms with Crippen molar-refractivity contribution in [3.63, 3.8) is 0 Å². The van der Waals surface area contributed by atoms with Gasteiger partial charge >= 0.3 is 0 Å². The largest absolute Gasteiger partial charge is 0.367 e. The van der Waals surface area contributed by atoms with Crippen LogP contribution in [0, 0.1) is 6.92 Å². The maximum absolute atomic E-state index is 4.80. The number of nitrogens with one attached hydrogen (secondary N) is 1. The maximum Gasteiger partial charge on any atom is 0.134 e. The van der Waals surface area contributed by atoms with Crippen LogP contribution < -0.4 is 10.2 Å². The molecule has 2 aromatic rings. The van der Waals surface area contributed by atoms with Crippen LogP contribution in [-0.2, 0) is 0 Å². The van der Waals surface area contributed by atoms with Crippen molar-refractivity contribution in [2.24, 2.45) is 0 Å². The molecule has 0 atom stereocenters. The van der Waals surface area contributed by atoms with Gasteiger partial charge in [-0.3, -0.25) is 0 Å². The molecule has 1 N–H and O–H groups in total. The molecular weight excluding hydrogens is 288 g/mol. The van der Waals surface area contributed by atoms with Crippen LogP contribution in [0.25, 0.3) is 0 Å². The molecule has 1 aliphatic heterocycles. The fourth-order valence-corrected chi connectivity index (χ4v) is 3.10. The Balaban J connectivity index is 1.39. The minimum absolute atomic E-state index is 0.465. The number of hydrogen-bond acceptors (Lipinski definition) is 6. The molecule has 2 aliphatic rings. The monoisotopic (exact) mass is 310 g/mol. The number of rotatable bonds is 4. The van der Waals surface area contributed by atoms with Crippen molar-refractivity contribution in [1.29, 1.82) is 0 Å². The first-order valence-corrected chi connectivity index (χ1v) is 8.41. The van der Waals surface area contributed by atoms with Gasteiger partial charge in [0.05, 0.1) is 0 Å². The van der Waals surface area contributed by atoms with Gasteiger partial charge in [0, 0.05) is 43.0 Å². The Kier molecular flexibility index (Phi) is 3.81. The SMILES string of the molecule is Cc1cc(N2CCC(Nc3ccncn3)CC2)nc(C2CC2)n1. The molecule has 1 saturated heterocycles. The summed E-state index contributed by atoms with van der Waals surface area (Å²) in [5, 5.41) is 3.49. The molecule has 2 fully saturated rings. The highest BCUT2D eigenvalue weighted by Crippen LogP contribution is 2.38. The summed E-state index contributed by atoms with van der Waals surface area (Å²) in [4.78, 5) is 20.0. The van der Waals surface area contributed by atoms with E-state index >= 15 is 0 Å². The number of anilines is 2. The number of hydrogen-bond donors (Lipinski definition) is 1. The highest BCUT2D eigenvalue weighted by atomic mass is 15.2. The summed E-state index contributed by atoms with van der Waals surface area (Å²) in [6.45, 7) is 4.10. The first-order valence-electron chi connectivity index (χ1n) is 8.41. The minimum Gasteiger partial charge on any atom is -0.367 e. The molecule has 0 spiro atoms. The summed E-state index contributed by atoms with van der Waals surface area (Å²) in [6.07, 6.45) is 8.02. The summed E-state index contributed by atoms with van der Waals surface area (Å²) >= 11 is 0. The van der Waals surface area contributed by atoms with Gasteiger partial charge in [-0.1, -0.05) is 0 Å². The molecular formula is C17H22N6. The smallest absolute Gasteiger partial charge is 0.134 e. The van der Waals surface area contributed by atoms with Gasteiger partial charge in [0.2, 0.25) is 0 Å². The molecule has 1 saturated carbocycles. The summed E-state index contributed by atoms with van der Waals surface area (Å²) < 4.78 is 0. The lowest BCUT2D eigenvalue weighted by atomic mass is 10.0. The van der Waals surface area contributed by atoms with Gasteiger partial charge in [-0.15, -0.1) is 0 Å². The van der Waals surface area contributed by atoms with E-state index in [1.165, 1.54) is 12.8 Å². The van der Waals surface area contributed by atoms with Gasteiger partial charge in [0.15, 0.2) is 0 Å². The lowest BCUT2D eigenvalue weighted by Gasteiger charge is -2.33. The van der Waals surface area contributed by atoms with E-state index in [1.807, 2.05) is 6.07 Å². The van der Waals surface area contributed by atoms with Crippen LogP contribution in [0.2, 0.25) is 0 Å². The van der Waals surface area contributed by atoms with E-state index in [2.05, 4.69) is 38.2 Å². The zero-order chi connectivity index (χ0) is 15.6. The normalized spacial score (nSPS) is 18.9.